The van der Waals surface area contributed by atoms with Crippen molar-refractivity contribution >= 4 is 40.7 Å². The van der Waals surface area contributed by atoms with Crippen LogP contribution in [0.2, 0.25) is 5.02 Å². The summed E-state index contributed by atoms with van der Waals surface area (Å²) in [6.07, 6.45) is -0.201. The summed E-state index contributed by atoms with van der Waals surface area (Å²) in [5, 5.41) is 20.3. The number of halogens is 2. The SMILES string of the molecule is O=C(O)Cc1ccc(N2C(=O)C(=O)/C(=C(/O)c3ccccc3F)C2c2ccc(Cl)cc2)cc1. The largest absolute Gasteiger partial charge is 0.507 e. The molecule has 0 radical (unpaired) electrons. The summed E-state index contributed by atoms with van der Waals surface area (Å²) in [7, 11) is 0. The number of rotatable bonds is 5. The van der Waals surface area contributed by atoms with Gasteiger partial charge in [-0.1, -0.05) is 48.0 Å². The molecule has 1 unspecified atom stereocenters. The van der Waals surface area contributed by atoms with Crippen LogP contribution >= 0.6 is 11.6 Å². The third-order valence-corrected chi connectivity index (χ3v) is 5.58. The fourth-order valence-electron chi connectivity index (χ4n) is 3.81. The molecule has 1 amide bonds. The van der Waals surface area contributed by atoms with Crippen molar-refractivity contribution in [1.82, 2.24) is 0 Å². The summed E-state index contributed by atoms with van der Waals surface area (Å²) in [6.45, 7) is 0. The summed E-state index contributed by atoms with van der Waals surface area (Å²) >= 11 is 6.00. The maximum atomic E-state index is 14.4. The van der Waals surface area contributed by atoms with Gasteiger partial charge in [0.15, 0.2) is 0 Å². The molecule has 0 bridgehead atoms. The van der Waals surface area contributed by atoms with Crippen LogP contribution in [-0.4, -0.2) is 27.9 Å². The Hall–Kier alpha value is -3.97. The van der Waals surface area contributed by atoms with Crippen molar-refractivity contribution in [2.45, 2.75) is 12.5 Å². The van der Waals surface area contributed by atoms with Gasteiger partial charge in [0.1, 0.15) is 11.6 Å². The minimum Gasteiger partial charge on any atom is -0.507 e. The molecule has 0 aliphatic carbocycles. The molecule has 1 saturated heterocycles. The van der Waals surface area contributed by atoms with Crippen molar-refractivity contribution in [3.05, 3.63) is 106 Å². The van der Waals surface area contributed by atoms with E-state index in [0.717, 1.165) is 6.07 Å². The van der Waals surface area contributed by atoms with E-state index < -0.39 is 35.3 Å². The second-order valence-electron chi connectivity index (χ2n) is 7.44. The second-order valence-corrected chi connectivity index (χ2v) is 7.87. The number of hydrogen-bond acceptors (Lipinski definition) is 4. The normalized spacial score (nSPS) is 17.4. The minimum atomic E-state index is -1.05. The van der Waals surface area contributed by atoms with Gasteiger partial charge in [-0.05, 0) is 47.5 Å². The van der Waals surface area contributed by atoms with Crippen LogP contribution in [0.5, 0.6) is 0 Å². The number of benzene rings is 3. The fourth-order valence-corrected chi connectivity index (χ4v) is 3.93. The molecule has 0 spiro atoms. The molecule has 6 nitrogen and oxygen atoms in total. The number of hydrogen-bond donors (Lipinski definition) is 2. The van der Waals surface area contributed by atoms with E-state index in [9.17, 15) is 23.9 Å². The van der Waals surface area contributed by atoms with Crippen LogP contribution in [0.3, 0.4) is 0 Å². The van der Waals surface area contributed by atoms with Gasteiger partial charge in [0.25, 0.3) is 11.7 Å². The van der Waals surface area contributed by atoms with E-state index in [1.165, 1.54) is 35.2 Å². The van der Waals surface area contributed by atoms with Gasteiger partial charge in [0.05, 0.1) is 23.6 Å². The third kappa shape index (κ3) is 4.23. The van der Waals surface area contributed by atoms with Gasteiger partial charge in [-0.15, -0.1) is 0 Å². The Balaban J connectivity index is 1.89. The van der Waals surface area contributed by atoms with Crippen LogP contribution in [0.1, 0.15) is 22.7 Å². The number of anilines is 1. The van der Waals surface area contributed by atoms with Crippen LogP contribution < -0.4 is 4.90 Å². The lowest BCUT2D eigenvalue weighted by molar-refractivity contribution is -0.136. The smallest absolute Gasteiger partial charge is 0.307 e. The molecule has 1 atom stereocenters. The highest BCUT2D eigenvalue weighted by molar-refractivity contribution is 6.51. The lowest BCUT2D eigenvalue weighted by Crippen LogP contribution is -2.29. The molecular formula is C25H17ClFNO5. The van der Waals surface area contributed by atoms with Crippen molar-refractivity contribution in [1.29, 1.82) is 0 Å². The number of aliphatic carboxylic acids is 1. The Bertz CT molecular complexity index is 1280. The first-order valence-electron chi connectivity index (χ1n) is 9.90. The van der Waals surface area contributed by atoms with E-state index in [4.69, 9.17) is 16.7 Å². The fraction of sp³-hybridized carbons (Fsp3) is 0.0800. The predicted octanol–water partition coefficient (Wildman–Crippen LogP) is 4.73. The van der Waals surface area contributed by atoms with Crippen molar-refractivity contribution in [3.8, 4) is 0 Å². The molecule has 4 rings (SSSR count). The first-order valence-corrected chi connectivity index (χ1v) is 10.3. The number of carboxylic acids is 1. The lowest BCUT2D eigenvalue weighted by Gasteiger charge is -2.25. The van der Waals surface area contributed by atoms with Gasteiger partial charge in [0, 0.05) is 10.7 Å². The summed E-state index contributed by atoms with van der Waals surface area (Å²) in [6, 6.07) is 16.9. The lowest BCUT2D eigenvalue weighted by atomic mass is 9.95. The van der Waals surface area contributed by atoms with Crippen LogP contribution in [0.15, 0.2) is 78.4 Å². The van der Waals surface area contributed by atoms with Gasteiger partial charge in [-0.25, -0.2) is 4.39 Å². The number of carboxylic acid groups (broad SMARTS) is 1. The van der Waals surface area contributed by atoms with E-state index >= 15 is 0 Å². The quantitative estimate of drug-likeness (QED) is 0.322. The van der Waals surface area contributed by atoms with Gasteiger partial charge < -0.3 is 10.2 Å². The number of aliphatic hydroxyl groups is 1. The highest BCUT2D eigenvalue weighted by atomic mass is 35.5. The van der Waals surface area contributed by atoms with Gasteiger partial charge in [0.2, 0.25) is 0 Å². The van der Waals surface area contributed by atoms with E-state index in [0.29, 0.717) is 21.8 Å². The molecule has 1 heterocycles. The van der Waals surface area contributed by atoms with Crippen LogP contribution in [-0.2, 0) is 20.8 Å². The number of Topliss-reactive ketones (excluding diaryl/α,β-unsaturated/α-hetero) is 1. The second kappa shape index (κ2) is 8.88. The molecule has 3 aromatic rings. The number of aliphatic hydroxyl groups excluding tert-OH is 1. The predicted molar refractivity (Wildman–Crippen MR) is 120 cm³/mol. The van der Waals surface area contributed by atoms with E-state index in [1.807, 2.05) is 0 Å². The van der Waals surface area contributed by atoms with Crippen LogP contribution in [0.4, 0.5) is 10.1 Å². The Labute approximate surface area is 193 Å². The number of carbonyl (C=O) groups is 3. The maximum absolute atomic E-state index is 14.4. The topological polar surface area (TPSA) is 94.9 Å². The molecule has 33 heavy (non-hydrogen) atoms. The van der Waals surface area contributed by atoms with Crippen LogP contribution in [0.25, 0.3) is 5.76 Å². The monoisotopic (exact) mass is 465 g/mol. The zero-order valence-electron chi connectivity index (χ0n) is 17.0. The first kappa shape index (κ1) is 22.2. The third-order valence-electron chi connectivity index (χ3n) is 5.33. The van der Waals surface area contributed by atoms with E-state index in [2.05, 4.69) is 0 Å². The number of nitrogens with zero attached hydrogens (tertiary/aromatic N) is 1. The summed E-state index contributed by atoms with van der Waals surface area (Å²) in [4.78, 5) is 38.3. The van der Waals surface area contributed by atoms with Gasteiger partial charge in [-0.2, -0.15) is 0 Å². The Morgan fingerprint density at radius 3 is 2.18 bits per heavy atom. The number of amides is 1. The first-order chi connectivity index (χ1) is 15.8. The summed E-state index contributed by atoms with van der Waals surface area (Å²) < 4.78 is 14.4. The highest BCUT2D eigenvalue weighted by Gasteiger charge is 2.47. The molecule has 0 saturated carbocycles. The zero-order valence-corrected chi connectivity index (χ0v) is 17.8. The highest BCUT2D eigenvalue weighted by Crippen LogP contribution is 2.42. The van der Waals surface area contributed by atoms with Crippen molar-refractivity contribution in [2.24, 2.45) is 0 Å². The Kier molecular flexibility index (Phi) is 5.98. The molecule has 1 fully saturated rings. The molecular weight excluding hydrogens is 449 g/mol. The van der Waals surface area contributed by atoms with E-state index in [1.54, 1.807) is 36.4 Å². The van der Waals surface area contributed by atoms with Gasteiger partial charge in [-0.3, -0.25) is 19.3 Å². The summed E-state index contributed by atoms with van der Waals surface area (Å²) in [5.41, 5.74) is 0.843. The Morgan fingerprint density at radius 2 is 1.58 bits per heavy atom. The average Bonchev–Trinajstić information content (AvgIpc) is 3.05. The minimum absolute atomic E-state index is 0.201. The molecule has 8 heteroatoms. The number of carbonyl (C=O) groups excluding carboxylic acids is 2. The standard InChI is InChI=1S/C25H17ClFNO5/c26-16-9-7-15(8-10-16)22-21(23(31)18-3-1-2-4-19(18)27)24(32)25(33)28(22)17-11-5-14(6-12-17)13-20(29)30/h1-12,22,31H,13H2,(H,29,30)/b23-21+. The Morgan fingerprint density at radius 1 is 0.939 bits per heavy atom. The molecule has 0 aromatic heterocycles. The molecule has 2 N–H and O–H groups in total. The van der Waals surface area contributed by atoms with Crippen LogP contribution in [0, 0.1) is 5.82 Å². The van der Waals surface area contributed by atoms with E-state index in [-0.39, 0.29) is 17.6 Å². The maximum Gasteiger partial charge on any atom is 0.307 e. The number of ketones is 1. The average molecular weight is 466 g/mol. The van der Waals surface area contributed by atoms with Gasteiger partial charge >= 0.3 is 5.97 Å². The zero-order chi connectivity index (χ0) is 23.7. The summed E-state index contributed by atoms with van der Waals surface area (Å²) in [5.74, 6) is -4.25. The van der Waals surface area contributed by atoms with Crippen molar-refractivity contribution in [3.63, 3.8) is 0 Å². The molecule has 1 aliphatic heterocycles. The van der Waals surface area contributed by atoms with Crippen molar-refractivity contribution < 1.29 is 29.0 Å². The molecule has 1 aliphatic rings. The molecule has 166 valence electrons. The van der Waals surface area contributed by atoms with Crippen molar-refractivity contribution in [2.75, 3.05) is 4.90 Å². The molecule has 3 aromatic carbocycles.